The van der Waals surface area contributed by atoms with E-state index in [1.807, 2.05) is 0 Å². The van der Waals surface area contributed by atoms with Gasteiger partial charge in [0.2, 0.25) is 5.91 Å². The van der Waals surface area contributed by atoms with Gasteiger partial charge < -0.3 is 25.8 Å². The second-order valence-electron chi connectivity index (χ2n) is 6.89. The maximum absolute atomic E-state index is 12.4. The Hall–Kier alpha value is -2.14. The van der Waals surface area contributed by atoms with Gasteiger partial charge in [0.1, 0.15) is 5.75 Å². The number of carbonyl (C=O) groups excluding carboxylic acids is 1. The molecule has 1 aromatic carbocycles. The van der Waals surface area contributed by atoms with Gasteiger partial charge in [-0.05, 0) is 18.1 Å². The fraction of sp³-hybridized carbons (Fsp3) is 0.529. The molecule has 1 aromatic rings. The molecule has 2 aliphatic rings. The highest BCUT2D eigenvalue weighted by Gasteiger charge is 2.37. The van der Waals surface area contributed by atoms with Gasteiger partial charge in [0.05, 0.1) is 18.0 Å². The Kier molecular flexibility index (Phi) is 6.32. The minimum Gasteiger partial charge on any atom is -0.534 e. The molecule has 0 radical (unpaired) electrons. The molecule has 3 rings (SSSR count). The number of carboxylic acid groups (broad SMARTS) is 1. The molecule has 9 nitrogen and oxygen atoms in total. The van der Waals surface area contributed by atoms with Crippen molar-refractivity contribution < 1.29 is 24.4 Å². The quantitative estimate of drug-likeness (QED) is 0.437. The Labute approximate surface area is 158 Å². The zero-order valence-corrected chi connectivity index (χ0v) is 15.1. The zero-order chi connectivity index (χ0) is 19.4. The highest BCUT2D eigenvalue weighted by molar-refractivity contribution is 6.47. The molecule has 5 N–H and O–H groups in total. The number of amides is 1. The van der Waals surface area contributed by atoms with Crippen LogP contribution in [0.15, 0.2) is 18.2 Å². The molecule has 1 fully saturated rings. The number of piperazine rings is 1. The van der Waals surface area contributed by atoms with Crippen molar-refractivity contribution in [3.63, 3.8) is 0 Å². The SMILES string of the molecule is NCCN1CCN(CC(=O)NC2Cc3cccc(C(=O)O)c3OB2O)CC1. The molecule has 146 valence electrons. The molecular weight excluding hydrogens is 351 g/mol. The van der Waals surface area contributed by atoms with Crippen molar-refractivity contribution in [1.29, 1.82) is 0 Å². The molecule has 0 bridgehead atoms. The predicted molar refractivity (Wildman–Crippen MR) is 99.6 cm³/mol. The summed E-state index contributed by atoms with van der Waals surface area (Å²) in [4.78, 5) is 28.0. The molecule has 1 unspecified atom stereocenters. The molecular formula is C17H25BN4O5. The van der Waals surface area contributed by atoms with E-state index in [4.69, 9.17) is 10.4 Å². The van der Waals surface area contributed by atoms with Crippen LogP contribution in [0.25, 0.3) is 0 Å². The van der Waals surface area contributed by atoms with E-state index in [9.17, 15) is 19.7 Å². The van der Waals surface area contributed by atoms with E-state index in [2.05, 4.69) is 15.1 Å². The summed E-state index contributed by atoms with van der Waals surface area (Å²) in [6, 6.07) is 4.80. The Morgan fingerprint density at radius 3 is 2.63 bits per heavy atom. The summed E-state index contributed by atoms with van der Waals surface area (Å²) in [5, 5.41) is 22.2. The van der Waals surface area contributed by atoms with Crippen LogP contribution >= 0.6 is 0 Å². The predicted octanol–water partition coefficient (Wildman–Crippen LogP) is -1.60. The molecule has 2 aliphatic heterocycles. The molecule has 10 heteroatoms. The normalized spacial score (nSPS) is 20.7. The fourth-order valence-electron chi connectivity index (χ4n) is 3.53. The molecule has 1 atom stereocenters. The third kappa shape index (κ3) is 4.78. The van der Waals surface area contributed by atoms with Crippen molar-refractivity contribution in [1.82, 2.24) is 15.1 Å². The smallest absolute Gasteiger partial charge is 0.534 e. The van der Waals surface area contributed by atoms with Crippen LogP contribution in [0.2, 0.25) is 0 Å². The van der Waals surface area contributed by atoms with Gasteiger partial charge in [-0.2, -0.15) is 0 Å². The van der Waals surface area contributed by atoms with Crippen LogP contribution in [-0.4, -0.2) is 90.7 Å². The summed E-state index contributed by atoms with van der Waals surface area (Å²) in [6.45, 7) is 5.09. The first-order valence-corrected chi connectivity index (χ1v) is 9.12. The summed E-state index contributed by atoms with van der Waals surface area (Å²) < 4.78 is 5.40. The molecule has 2 heterocycles. The number of aromatic carboxylic acids is 1. The molecule has 27 heavy (non-hydrogen) atoms. The van der Waals surface area contributed by atoms with Gasteiger partial charge in [-0.1, -0.05) is 12.1 Å². The Balaban J connectivity index is 1.55. The van der Waals surface area contributed by atoms with Gasteiger partial charge in [0.15, 0.2) is 0 Å². The number of nitrogens with one attached hydrogen (secondary N) is 1. The number of rotatable bonds is 6. The number of benzene rings is 1. The second-order valence-corrected chi connectivity index (χ2v) is 6.89. The summed E-state index contributed by atoms with van der Waals surface area (Å²) in [5.41, 5.74) is 6.22. The van der Waals surface area contributed by atoms with Gasteiger partial charge in [-0.15, -0.1) is 0 Å². The standard InChI is InChI=1S/C17H25BN4O5/c19-4-5-21-6-8-22(9-7-21)11-15(23)20-14-10-12-2-1-3-13(17(24)25)16(12)27-18(14)26/h1-3,14,26H,4-11,19H2,(H,20,23)(H,24,25). The van der Waals surface area contributed by atoms with Gasteiger partial charge in [0.25, 0.3) is 0 Å². The minimum atomic E-state index is -1.29. The Bertz CT molecular complexity index is 696. The molecule has 0 aromatic heterocycles. The first-order valence-electron chi connectivity index (χ1n) is 9.12. The average molecular weight is 376 g/mol. The van der Waals surface area contributed by atoms with E-state index < -0.39 is 19.0 Å². The zero-order valence-electron chi connectivity index (χ0n) is 15.1. The number of hydrogen-bond acceptors (Lipinski definition) is 7. The first kappa shape index (κ1) is 19.6. The van der Waals surface area contributed by atoms with Gasteiger partial charge in [-0.25, -0.2) is 4.79 Å². The van der Waals surface area contributed by atoms with Crippen LogP contribution in [0.4, 0.5) is 0 Å². The lowest BCUT2D eigenvalue weighted by molar-refractivity contribution is -0.123. The number of hydrogen-bond donors (Lipinski definition) is 4. The van der Waals surface area contributed by atoms with E-state index in [1.54, 1.807) is 12.1 Å². The fourth-order valence-corrected chi connectivity index (χ4v) is 3.53. The van der Waals surface area contributed by atoms with Crippen LogP contribution < -0.4 is 15.7 Å². The monoisotopic (exact) mass is 376 g/mol. The van der Waals surface area contributed by atoms with E-state index in [1.165, 1.54) is 6.07 Å². The Morgan fingerprint density at radius 1 is 1.26 bits per heavy atom. The molecule has 0 aliphatic carbocycles. The number of fused-ring (bicyclic) bond motifs is 1. The maximum Gasteiger partial charge on any atom is 0.547 e. The van der Waals surface area contributed by atoms with Crippen LogP contribution in [0.1, 0.15) is 15.9 Å². The van der Waals surface area contributed by atoms with Crippen molar-refractivity contribution in [2.24, 2.45) is 5.73 Å². The lowest BCUT2D eigenvalue weighted by Gasteiger charge is -2.34. The van der Waals surface area contributed by atoms with Crippen molar-refractivity contribution >= 4 is 19.0 Å². The van der Waals surface area contributed by atoms with Gasteiger partial charge >= 0.3 is 13.1 Å². The van der Waals surface area contributed by atoms with Crippen molar-refractivity contribution in [3.8, 4) is 5.75 Å². The van der Waals surface area contributed by atoms with Crippen LogP contribution in [-0.2, 0) is 11.2 Å². The van der Waals surface area contributed by atoms with E-state index in [-0.39, 0.29) is 23.8 Å². The molecule has 1 amide bonds. The van der Waals surface area contributed by atoms with Crippen LogP contribution in [0.5, 0.6) is 5.75 Å². The number of nitrogens with zero attached hydrogens (tertiary/aromatic N) is 2. The van der Waals surface area contributed by atoms with Crippen LogP contribution in [0, 0.1) is 0 Å². The van der Waals surface area contributed by atoms with E-state index in [0.29, 0.717) is 18.5 Å². The summed E-state index contributed by atoms with van der Waals surface area (Å²) in [5.74, 6) is -1.75. The van der Waals surface area contributed by atoms with E-state index >= 15 is 0 Å². The summed E-state index contributed by atoms with van der Waals surface area (Å²) in [6.07, 6.45) is 0.313. The highest BCUT2D eigenvalue weighted by Crippen LogP contribution is 2.30. The first-order chi connectivity index (χ1) is 13.0. The maximum atomic E-state index is 12.4. The van der Waals surface area contributed by atoms with Gasteiger partial charge in [0, 0.05) is 39.3 Å². The lowest BCUT2D eigenvalue weighted by Crippen LogP contribution is -2.56. The van der Waals surface area contributed by atoms with Crippen molar-refractivity contribution in [3.05, 3.63) is 29.3 Å². The minimum absolute atomic E-state index is 0.00618. The average Bonchev–Trinajstić information content (AvgIpc) is 2.63. The third-order valence-corrected chi connectivity index (χ3v) is 4.97. The van der Waals surface area contributed by atoms with Crippen molar-refractivity contribution in [2.75, 3.05) is 45.8 Å². The molecule has 0 saturated carbocycles. The topological polar surface area (TPSA) is 128 Å². The number of carbonyl (C=O) groups is 2. The largest absolute Gasteiger partial charge is 0.547 e. The lowest BCUT2D eigenvalue weighted by atomic mass is 9.72. The Morgan fingerprint density at radius 2 is 1.96 bits per heavy atom. The van der Waals surface area contributed by atoms with E-state index in [0.717, 1.165) is 32.7 Å². The summed E-state index contributed by atoms with van der Waals surface area (Å²) >= 11 is 0. The highest BCUT2D eigenvalue weighted by atomic mass is 16.5. The number of nitrogens with two attached hydrogens (primary N) is 1. The number of carboxylic acids is 1. The number of para-hydroxylation sites is 1. The summed E-state index contributed by atoms with van der Waals surface area (Å²) in [7, 11) is -1.29. The van der Waals surface area contributed by atoms with Crippen molar-refractivity contribution in [2.45, 2.75) is 12.4 Å². The van der Waals surface area contributed by atoms with Gasteiger partial charge in [-0.3, -0.25) is 14.6 Å². The van der Waals surface area contributed by atoms with Crippen LogP contribution in [0.3, 0.4) is 0 Å². The molecule has 0 spiro atoms. The second kappa shape index (κ2) is 8.70. The third-order valence-electron chi connectivity index (χ3n) is 4.97. The molecule has 1 saturated heterocycles.